The molecule has 0 fully saturated rings. The molecule has 0 saturated heterocycles. The Balaban J connectivity index is 2.34. The number of nitrogens with one attached hydrogen (secondary N) is 2. The number of nitrogens with zero attached hydrogens (tertiary/aromatic N) is 2. The molecule has 6 heteroatoms. The van der Waals surface area contributed by atoms with Gasteiger partial charge in [-0.25, -0.2) is 9.97 Å². The molecule has 0 unspecified atom stereocenters. The summed E-state index contributed by atoms with van der Waals surface area (Å²) in [5, 5.41) is 6.68. The molecular weight excluding hydrogens is 236 g/mol. The molecule has 0 aliphatic rings. The summed E-state index contributed by atoms with van der Waals surface area (Å²) in [7, 11) is 1.56. The second kappa shape index (κ2) is 7.78. The van der Waals surface area contributed by atoms with E-state index in [1.807, 2.05) is 0 Å². The van der Waals surface area contributed by atoms with Crippen molar-refractivity contribution in [3.05, 3.63) is 12.4 Å². The molecule has 2 N–H and O–H groups in total. The molecule has 1 aromatic rings. The van der Waals surface area contributed by atoms with Crippen molar-refractivity contribution in [2.24, 2.45) is 0 Å². The average Bonchev–Trinajstić information content (AvgIpc) is 2.35. The van der Waals surface area contributed by atoms with Crippen molar-refractivity contribution in [3.8, 4) is 5.88 Å². The number of aromatic nitrogens is 2. The van der Waals surface area contributed by atoms with E-state index in [1.165, 1.54) is 19.2 Å². The minimum atomic E-state index is 0.510. The number of anilines is 1. The Morgan fingerprint density at radius 3 is 2.94 bits per heavy atom. The van der Waals surface area contributed by atoms with E-state index in [0.717, 1.165) is 13.0 Å². The van der Waals surface area contributed by atoms with Crippen LogP contribution in [-0.4, -0.2) is 28.7 Å². The highest BCUT2D eigenvalue weighted by Crippen LogP contribution is 2.09. The van der Waals surface area contributed by atoms with Gasteiger partial charge in [0.15, 0.2) is 5.11 Å². The predicted molar refractivity (Wildman–Crippen MR) is 72.3 cm³/mol. The van der Waals surface area contributed by atoms with Crippen molar-refractivity contribution in [1.82, 2.24) is 15.3 Å². The van der Waals surface area contributed by atoms with Gasteiger partial charge in [0.1, 0.15) is 12.1 Å². The summed E-state index contributed by atoms with van der Waals surface area (Å²) in [6.07, 6.45) is 4.95. The maximum Gasteiger partial charge on any atom is 0.218 e. The smallest absolute Gasteiger partial charge is 0.218 e. The Hall–Kier alpha value is -1.43. The fourth-order valence-electron chi connectivity index (χ4n) is 1.26. The average molecular weight is 254 g/mol. The maximum absolute atomic E-state index is 5.14. The van der Waals surface area contributed by atoms with Gasteiger partial charge in [0.25, 0.3) is 0 Å². The summed E-state index contributed by atoms with van der Waals surface area (Å²) in [5.74, 6) is 1.14. The van der Waals surface area contributed by atoms with Crippen molar-refractivity contribution in [2.75, 3.05) is 19.0 Å². The number of hydrogen-bond acceptors (Lipinski definition) is 4. The molecule has 0 bridgehead atoms. The van der Waals surface area contributed by atoms with Gasteiger partial charge in [-0.1, -0.05) is 19.8 Å². The number of thiocarbonyl (C=S) groups is 1. The van der Waals surface area contributed by atoms with E-state index in [9.17, 15) is 0 Å². The summed E-state index contributed by atoms with van der Waals surface area (Å²) in [4.78, 5) is 7.96. The van der Waals surface area contributed by atoms with E-state index in [-0.39, 0.29) is 0 Å². The zero-order chi connectivity index (χ0) is 12.5. The van der Waals surface area contributed by atoms with E-state index < -0.39 is 0 Å². The molecule has 0 saturated carbocycles. The monoisotopic (exact) mass is 254 g/mol. The van der Waals surface area contributed by atoms with Gasteiger partial charge in [-0.05, 0) is 18.6 Å². The number of methoxy groups -OCH3 is 1. The van der Waals surface area contributed by atoms with Crippen LogP contribution >= 0.6 is 12.2 Å². The van der Waals surface area contributed by atoms with Crippen LogP contribution in [0.1, 0.15) is 26.2 Å². The topological polar surface area (TPSA) is 59.1 Å². The van der Waals surface area contributed by atoms with Gasteiger partial charge in [0, 0.05) is 12.6 Å². The number of unbranched alkanes of at least 4 members (excludes halogenated alkanes) is 2. The summed E-state index contributed by atoms with van der Waals surface area (Å²) in [5.41, 5.74) is 0. The fraction of sp³-hybridized carbons (Fsp3) is 0.545. The minimum absolute atomic E-state index is 0.510. The molecule has 0 amide bonds. The predicted octanol–water partition coefficient (Wildman–Crippen LogP) is 1.96. The first-order valence-electron chi connectivity index (χ1n) is 5.67. The SMILES string of the molecule is CCCCCNC(=S)Nc1cc(OC)ncn1. The molecule has 0 aliphatic heterocycles. The quantitative estimate of drug-likeness (QED) is 0.598. The highest BCUT2D eigenvalue weighted by molar-refractivity contribution is 7.80. The van der Waals surface area contributed by atoms with Gasteiger partial charge < -0.3 is 15.4 Å². The normalized spacial score (nSPS) is 9.76. The second-order valence-corrected chi connectivity index (χ2v) is 3.94. The van der Waals surface area contributed by atoms with Crippen LogP contribution in [0.15, 0.2) is 12.4 Å². The van der Waals surface area contributed by atoms with Crippen LogP contribution in [-0.2, 0) is 0 Å². The van der Waals surface area contributed by atoms with Crippen LogP contribution in [0.3, 0.4) is 0 Å². The molecular formula is C11H18N4OS. The van der Waals surface area contributed by atoms with Gasteiger partial charge in [-0.3, -0.25) is 0 Å². The minimum Gasteiger partial charge on any atom is -0.481 e. The number of ether oxygens (including phenoxy) is 1. The van der Waals surface area contributed by atoms with E-state index in [2.05, 4.69) is 27.5 Å². The van der Waals surface area contributed by atoms with Gasteiger partial charge in [0.05, 0.1) is 7.11 Å². The molecule has 94 valence electrons. The zero-order valence-corrected chi connectivity index (χ0v) is 11.0. The molecule has 1 aromatic heterocycles. The van der Waals surface area contributed by atoms with Gasteiger partial charge in [-0.15, -0.1) is 0 Å². The molecule has 17 heavy (non-hydrogen) atoms. The van der Waals surface area contributed by atoms with Crippen molar-refractivity contribution < 1.29 is 4.74 Å². The first-order valence-corrected chi connectivity index (χ1v) is 6.08. The standard InChI is InChI=1S/C11H18N4OS/c1-3-4-5-6-12-11(17)15-9-7-10(16-2)14-8-13-9/h7-8H,3-6H2,1-2H3,(H2,12,13,14,15,17). The molecule has 0 aromatic carbocycles. The molecule has 1 rings (SSSR count). The van der Waals surface area contributed by atoms with Crippen LogP contribution < -0.4 is 15.4 Å². The third-order valence-corrected chi connectivity index (χ3v) is 2.41. The Kier molecular flexibility index (Phi) is 6.24. The van der Waals surface area contributed by atoms with Crippen LogP contribution in [0.2, 0.25) is 0 Å². The van der Waals surface area contributed by atoms with Crippen molar-refractivity contribution in [2.45, 2.75) is 26.2 Å². The maximum atomic E-state index is 5.14. The lowest BCUT2D eigenvalue weighted by molar-refractivity contribution is 0.397. The van der Waals surface area contributed by atoms with E-state index in [0.29, 0.717) is 16.8 Å². The lowest BCUT2D eigenvalue weighted by Crippen LogP contribution is -2.29. The van der Waals surface area contributed by atoms with Crippen molar-refractivity contribution in [3.63, 3.8) is 0 Å². The highest BCUT2D eigenvalue weighted by Gasteiger charge is 2.00. The van der Waals surface area contributed by atoms with Gasteiger partial charge in [-0.2, -0.15) is 0 Å². The Morgan fingerprint density at radius 1 is 1.41 bits per heavy atom. The van der Waals surface area contributed by atoms with E-state index >= 15 is 0 Å². The summed E-state index contributed by atoms with van der Waals surface area (Å²) in [6.45, 7) is 3.05. The van der Waals surface area contributed by atoms with Crippen LogP contribution in [0.5, 0.6) is 5.88 Å². The number of rotatable bonds is 6. The molecule has 0 radical (unpaired) electrons. The first-order chi connectivity index (χ1) is 8.26. The molecule has 1 heterocycles. The third kappa shape index (κ3) is 5.44. The first kappa shape index (κ1) is 13.6. The number of hydrogen-bond donors (Lipinski definition) is 2. The lowest BCUT2D eigenvalue weighted by atomic mass is 10.2. The summed E-state index contributed by atoms with van der Waals surface area (Å²) in [6, 6.07) is 1.69. The summed E-state index contributed by atoms with van der Waals surface area (Å²) < 4.78 is 4.99. The summed E-state index contributed by atoms with van der Waals surface area (Å²) >= 11 is 5.14. The molecule has 0 spiro atoms. The third-order valence-electron chi connectivity index (χ3n) is 2.16. The molecule has 0 atom stereocenters. The lowest BCUT2D eigenvalue weighted by Gasteiger charge is -2.09. The van der Waals surface area contributed by atoms with Gasteiger partial charge >= 0.3 is 0 Å². The largest absolute Gasteiger partial charge is 0.481 e. The second-order valence-electron chi connectivity index (χ2n) is 3.53. The fourth-order valence-corrected chi connectivity index (χ4v) is 1.46. The highest BCUT2D eigenvalue weighted by atomic mass is 32.1. The zero-order valence-electron chi connectivity index (χ0n) is 10.2. The van der Waals surface area contributed by atoms with Crippen molar-refractivity contribution in [1.29, 1.82) is 0 Å². The Labute approximate surface area is 107 Å². The van der Waals surface area contributed by atoms with Crippen LogP contribution in [0.25, 0.3) is 0 Å². The Morgan fingerprint density at radius 2 is 2.24 bits per heavy atom. The van der Waals surface area contributed by atoms with Gasteiger partial charge in [0.2, 0.25) is 5.88 Å². The molecule has 5 nitrogen and oxygen atoms in total. The Bertz CT molecular complexity index is 359. The van der Waals surface area contributed by atoms with Crippen molar-refractivity contribution >= 4 is 23.1 Å². The van der Waals surface area contributed by atoms with Crippen LogP contribution in [0.4, 0.5) is 5.82 Å². The van der Waals surface area contributed by atoms with Crippen LogP contribution in [0, 0.1) is 0 Å². The van der Waals surface area contributed by atoms with E-state index in [1.54, 1.807) is 13.2 Å². The van der Waals surface area contributed by atoms with E-state index in [4.69, 9.17) is 17.0 Å². The molecule has 0 aliphatic carbocycles.